The van der Waals surface area contributed by atoms with Crippen LogP contribution >= 0.6 is 23.2 Å². The van der Waals surface area contributed by atoms with Gasteiger partial charge in [-0.2, -0.15) is 0 Å². The first-order valence-electron chi connectivity index (χ1n) is 7.34. The van der Waals surface area contributed by atoms with Crippen molar-refractivity contribution in [2.45, 2.75) is 13.0 Å². The molecule has 0 fully saturated rings. The number of anilines is 1. The lowest BCUT2D eigenvalue weighted by atomic mass is 10.2. The molecule has 0 spiro atoms. The van der Waals surface area contributed by atoms with E-state index in [1.807, 2.05) is 18.2 Å². The Morgan fingerprint density at radius 1 is 1.28 bits per heavy atom. The highest BCUT2D eigenvalue weighted by Crippen LogP contribution is 2.23. The predicted molar refractivity (Wildman–Crippen MR) is 96.1 cm³/mol. The van der Waals surface area contributed by atoms with E-state index < -0.39 is 18.0 Å². The fourth-order valence-corrected chi connectivity index (χ4v) is 2.67. The molecule has 25 heavy (non-hydrogen) atoms. The van der Waals surface area contributed by atoms with Crippen molar-refractivity contribution in [1.29, 1.82) is 0 Å². The van der Waals surface area contributed by atoms with Gasteiger partial charge in [-0.25, -0.2) is 9.78 Å². The fourth-order valence-electron chi connectivity index (χ4n) is 2.24. The van der Waals surface area contributed by atoms with Gasteiger partial charge in [-0.05, 0) is 19.1 Å². The molecule has 0 aliphatic rings. The number of nitrogens with zero attached hydrogens (tertiary/aromatic N) is 1. The first-order chi connectivity index (χ1) is 12.0. The second-order valence-corrected chi connectivity index (χ2v) is 6.11. The third kappa shape index (κ3) is 3.75. The van der Waals surface area contributed by atoms with Crippen molar-refractivity contribution < 1.29 is 14.3 Å². The van der Waals surface area contributed by atoms with Crippen LogP contribution in [0.3, 0.4) is 0 Å². The van der Waals surface area contributed by atoms with E-state index in [1.165, 1.54) is 19.2 Å². The first kappa shape index (κ1) is 17.3. The molecule has 0 aliphatic carbocycles. The van der Waals surface area contributed by atoms with Gasteiger partial charge in [-0.1, -0.05) is 41.4 Å². The molecule has 0 saturated heterocycles. The summed E-state index contributed by atoms with van der Waals surface area (Å²) in [5, 5.41) is 3.76. The molecule has 8 heteroatoms. The van der Waals surface area contributed by atoms with Crippen molar-refractivity contribution >= 4 is 51.8 Å². The summed E-state index contributed by atoms with van der Waals surface area (Å²) in [6.07, 6.45) is 1.87. The van der Waals surface area contributed by atoms with Crippen LogP contribution in [0, 0.1) is 0 Å². The van der Waals surface area contributed by atoms with Crippen molar-refractivity contribution in [3.63, 3.8) is 0 Å². The Hall–Kier alpha value is -2.57. The average molecular weight is 378 g/mol. The summed E-state index contributed by atoms with van der Waals surface area (Å²) in [7, 11) is 0. The van der Waals surface area contributed by atoms with E-state index in [9.17, 15) is 9.59 Å². The molecule has 0 radical (unpaired) electrons. The van der Waals surface area contributed by atoms with E-state index >= 15 is 0 Å². The highest BCUT2D eigenvalue weighted by Gasteiger charge is 2.22. The topological polar surface area (TPSA) is 84.1 Å². The van der Waals surface area contributed by atoms with E-state index in [2.05, 4.69) is 15.3 Å². The van der Waals surface area contributed by atoms with Gasteiger partial charge in [0, 0.05) is 23.3 Å². The lowest BCUT2D eigenvalue weighted by molar-refractivity contribution is -0.123. The van der Waals surface area contributed by atoms with Crippen molar-refractivity contribution in [2.24, 2.45) is 0 Å². The van der Waals surface area contributed by atoms with Gasteiger partial charge in [0.15, 0.2) is 11.9 Å². The maximum absolute atomic E-state index is 12.3. The molecule has 128 valence electrons. The maximum Gasteiger partial charge on any atom is 0.341 e. The minimum atomic E-state index is -1.03. The number of carbonyl (C=O) groups excluding carboxylic acids is 2. The monoisotopic (exact) mass is 377 g/mol. The van der Waals surface area contributed by atoms with E-state index in [0.717, 1.165) is 10.9 Å². The minimum Gasteiger partial charge on any atom is -0.449 e. The second-order valence-electron chi connectivity index (χ2n) is 5.27. The zero-order chi connectivity index (χ0) is 18.0. The number of fused-ring (bicyclic) bond motifs is 1. The number of rotatable bonds is 4. The van der Waals surface area contributed by atoms with E-state index in [4.69, 9.17) is 27.9 Å². The molecular formula is C17H13Cl2N3O3. The number of halogens is 2. The van der Waals surface area contributed by atoms with Crippen LogP contribution in [0.25, 0.3) is 10.9 Å². The number of ether oxygens (including phenoxy) is 1. The summed E-state index contributed by atoms with van der Waals surface area (Å²) < 4.78 is 5.23. The van der Waals surface area contributed by atoms with E-state index in [-0.39, 0.29) is 10.8 Å². The highest BCUT2D eigenvalue weighted by atomic mass is 35.5. The molecule has 3 aromatic rings. The number of hydrogen-bond acceptors (Lipinski definition) is 4. The Morgan fingerprint density at radius 2 is 2.04 bits per heavy atom. The number of H-pyrrole nitrogens is 1. The number of esters is 1. The number of aromatic amines is 1. The summed E-state index contributed by atoms with van der Waals surface area (Å²) in [6.45, 7) is 1.46. The number of hydrogen-bond donors (Lipinski definition) is 2. The van der Waals surface area contributed by atoms with Crippen LogP contribution in [0.4, 0.5) is 5.82 Å². The third-order valence-corrected chi connectivity index (χ3v) is 4.01. The van der Waals surface area contributed by atoms with Crippen LogP contribution < -0.4 is 5.32 Å². The SMILES string of the molecule is C[C@H](OC(=O)c1c[nH]c2ccccc12)C(=O)Nc1ncc(Cl)cc1Cl. The van der Waals surface area contributed by atoms with Crippen molar-refractivity contribution in [3.05, 3.63) is 58.3 Å². The Kier molecular flexibility index (Phi) is 4.92. The largest absolute Gasteiger partial charge is 0.449 e. The molecule has 6 nitrogen and oxygen atoms in total. The smallest absolute Gasteiger partial charge is 0.341 e. The fraction of sp³-hybridized carbons (Fsp3) is 0.118. The number of benzene rings is 1. The van der Waals surface area contributed by atoms with E-state index in [1.54, 1.807) is 12.3 Å². The number of carbonyl (C=O) groups is 2. The first-order valence-corrected chi connectivity index (χ1v) is 8.10. The zero-order valence-electron chi connectivity index (χ0n) is 13.0. The Bertz CT molecular complexity index is 955. The van der Waals surface area contributed by atoms with Gasteiger partial charge in [0.05, 0.1) is 15.6 Å². The van der Waals surface area contributed by atoms with Crippen LogP contribution in [0.5, 0.6) is 0 Å². The highest BCUT2D eigenvalue weighted by molar-refractivity contribution is 6.36. The summed E-state index contributed by atoms with van der Waals surface area (Å²) in [6, 6.07) is 8.76. The number of nitrogens with one attached hydrogen (secondary N) is 2. The Morgan fingerprint density at radius 3 is 2.80 bits per heavy atom. The normalized spacial score (nSPS) is 12.0. The summed E-state index contributed by atoms with van der Waals surface area (Å²) >= 11 is 11.7. The standard InChI is InChI=1S/C17H13Cl2N3O3/c1-9(16(23)22-15-13(19)6-10(18)7-21-15)25-17(24)12-8-20-14-5-3-2-4-11(12)14/h2-9,20H,1H3,(H,21,22,23)/t9-/m0/s1. The van der Waals surface area contributed by atoms with Crippen LogP contribution in [0.15, 0.2) is 42.7 Å². The van der Waals surface area contributed by atoms with Gasteiger partial charge < -0.3 is 15.0 Å². The van der Waals surface area contributed by atoms with Gasteiger partial charge in [0.2, 0.25) is 0 Å². The lowest BCUT2D eigenvalue weighted by Gasteiger charge is -2.13. The van der Waals surface area contributed by atoms with Crippen molar-refractivity contribution in [2.75, 3.05) is 5.32 Å². The van der Waals surface area contributed by atoms with E-state index in [0.29, 0.717) is 10.6 Å². The zero-order valence-corrected chi connectivity index (χ0v) is 14.6. The molecule has 0 aliphatic heterocycles. The van der Waals surface area contributed by atoms with Crippen LogP contribution in [-0.4, -0.2) is 27.9 Å². The van der Waals surface area contributed by atoms with Crippen LogP contribution in [0.2, 0.25) is 10.0 Å². The summed E-state index contributed by atoms with van der Waals surface area (Å²) in [5.41, 5.74) is 1.17. The second kappa shape index (κ2) is 7.13. The van der Waals surface area contributed by atoms with Crippen LogP contribution in [0.1, 0.15) is 17.3 Å². The molecule has 2 aromatic heterocycles. The number of pyridine rings is 1. The van der Waals surface area contributed by atoms with Crippen molar-refractivity contribution in [1.82, 2.24) is 9.97 Å². The third-order valence-electron chi connectivity index (χ3n) is 3.51. The lowest BCUT2D eigenvalue weighted by Crippen LogP contribution is -2.30. The molecule has 0 saturated carbocycles. The van der Waals surface area contributed by atoms with Crippen LogP contribution in [-0.2, 0) is 9.53 Å². The number of amides is 1. The Labute approximate surface area is 153 Å². The van der Waals surface area contributed by atoms with Gasteiger partial charge in [-0.3, -0.25) is 4.79 Å². The maximum atomic E-state index is 12.3. The molecule has 1 atom stereocenters. The molecular weight excluding hydrogens is 365 g/mol. The molecule has 1 amide bonds. The predicted octanol–water partition coefficient (Wildman–Crippen LogP) is 4.05. The molecule has 0 bridgehead atoms. The molecule has 3 rings (SSSR count). The molecule has 2 N–H and O–H groups in total. The number of aromatic nitrogens is 2. The Balaban J connectivity index is 1.69. The average Bonchev–Trinajstić information content (AvgIpc) is 3.01. The molecule has 0 unspecified atom stereocenters. The van der Waals surface area contributed by atoms with Gasteiger partial charge in [0.1, 0.15) is 0 Å². The quantitative estimate of drug-likeness (QED) is 0.671. The minimum absolute atomic E-state index is 0.144. The van der Waals surface area contributed by atoms with Gasteiger partial charge in [-0.15, -0.1) is 0 Å². The number of para-hydroxylation sites is 1. The van der Waals surface area contributed by atoms with Gasteiger partial charge >= 0.3 is 5.97 Å². The van der Waals surface area contributed by atoms with Crippen molar-refractivity contribution in [3.8, 4) is 0 Å². The molecule has 2 heterocycles. The summed E-state index contributed by atoms with van der Waals surface area (Å²) in [4.78, 5) is 31.4. The summed E-state index contributed by atoms with van der Waals surface area (Å²) in [5.74, 6) is -1.01. The van der Waals surface area contributed by atoms with Gasteiger partial charge in [0.25, 0.3) is 5.91 Å². The molecule has 1 aromatic carbocycles.